The van der Waals surface area contributed by atoms with Gasteiger partial charge in [0.2, 0.25) is 0 Å². The largest absolute Gasteiger partial charge is 0.383 e. The Hall–Kier alpha value is -2.45. The highest BCUT2D eigenvalue weighted by Crippen LogP contribution is 2.31. The molecule has 0 saturated carbocycles. The normalized spacial score (nSPS) is 11.3. The molecule has 108 valence electrons. The maximum Gasteiger partial charge on any atom is 0.275 e. The topological polar surface area (TPSA) is 86.7 Å². The molecule has 0 saturated heterocycles. The molecule has 8 heteroatoms. The number of nitrogen functional groups attached to an aromatic ring is 1. The van der Waals surface area contributed by atoms with Crippen LogP contribution in [0.2, 0.25) is 0 Å². The van der Waals surface area contributed by atoms with Crippen molar-refractivity contribution in [2.45, 2.75) is 4.90 Å². The molecule has 0 bridgehead atoms. The van der Waals surface area contributed by atoms with E-state index in [-0.39, 0.29) is 5.56 Å². The Balaban J connectivity index is 2.06. The molecule has 0 radical (unpaired) electrons. The summed E-state index contributed by atoms with van der Waals surface area (Å²) in [6.45, 7) is 0. The maximum absolute atomic E-state index is 12.7. The fourth-order valence-electron chi connectivity index (χ4n) is 2.28. The van der Waals surface area contributed by atoms with E-state index in [4.69, 9.17) is 5.73 Å². The number of benzene rings is 1. The Labute approximate surface area is 133 Å². The van der Waals surface area contributed by atoms with Gasteiger partial charge in [-0.25, -0.2) is 15.0 Å². The van der Waals surface area contributed by atoms with Crippen LogP contribution < -0.4 is 11.3 Å². The fraction of sp³-hybridized carbons (Fsp3) is 0. The Kier molecular flexibility index (Phi) is 2.88. The van der Waals surface area contributed by atoms with Crippen molar-refractivity contribution >= 4 is 50.2 Å². The molecule has 0 spiro atoms. The van der Waals surface area contributed by atoms with Crippen LogP contribution in [0.5, 0.6) is 0 Å². The van der Waals surface area contributed by atoms with E-state index >= 15 is 0 Å². The Bertz CT molecular complexity index is 1070. The first kappa shape index (κ1) is 13.2. The van der Waals surface area contributed by atoms with Crippen LogP contribution >= 0.6 is 24.0 Å². The zero-order valence-corrected chi connectivity index (χ0v) is 12.8. The number of thiol groups is 1. The van der Waals surface area contributed by atoms with E-state index in [0.29, 0.717) is 26.3 Å². The second-order valence-corrected chi connectivity index (χ2v) is 6.17. The lowest BCUT2D eigenvalue weighted by molar-refractivity contribution is 0.965. The summed E-state index contributed by atoms with van der Waals surface area (Å²) < 4.78 is 2.01. The summed E-state index contributed by atoms with van der Waals surface area (Å²) in [6.07, 6.45) is 2.88. The lowest BCUT2D eigenvalue weighted by Gasteiger charge is -2.05. The first-order valence-corrected chi connectivity index (χ1v) is 7.61. The lowest BCUT2D eigenvalue weighted by atomic mass is 10.3. The monoisotopic (exact) mass is 327 g/mol. The minimum atomic E-state index is -0.153. The molecule has 6 nitrogen and oxygen atoms in total. The number of thiophene rings is 1. The smallest absolute Gasteiger partial charge is 0.275 e. The van der Waals surface area contributed by atoms with Crippen LogP contribution in [0.1, 0.15) is 0 Å². The zero-order valence-electron chi connectivity index (χ0n) is 11.1. The van der Waals surface area contributed by atoms with Gasteiger partial charge in [0.15, 0.2) is 0 Å². The standard InChI is InChI=1S/C14H9N5OS2/c15-12-9-10-11(22-13(9)17-5-16-12)14(20)19(6-18-10)7-1-3-8(21)4-2-7/h1-6,21H,(H2,15,16,17). The average Bonchev–Trinajstić information content (AvgIpc) is 2.90. The fourth-order valence-corrected chi connectivity index (χ4v) is 3.47. The number of aromatic nitrogens is 4. The number of nitrogens with zero attached hydrogens (tertiary/aromatic N) is 4. The van der Waals surface area contributed by atoms with Crippen molar-refractivity contribution in [1.29, 1.82) is 0 Å². The van der Waals surface area contributed by atoms with E-state index < -0.39 is 0 Å². The number of hydrogen-bond acceptors (Lipinski definition) is 7. The SMILES string of the molecule is Nc1ncnc2sc3c(=O)n(-c4ccc(S)cc4)cnc3c12. The third-order valence-corrected chi connectivity index (χ3v) is 4.71. The van der Waals surface area contributed by atoms with Gasteiger partial charge >= 0.3 is 0 Å². The molecule has 3 aromatic heterocycles. The molecule has 0 unspecified atom stereocenters. The Morgan fingerprint density at radius 3 is 2.68 bits per heavy atom. The van der Waals surface area contributed by atoms with Gasteiger partial charge in [-0.15, -0.1) is 24.0 Å². The Morgan fingerprint density at radius 1 is 1.14 bits per heavy atom. The highest BCUT2D eigenvalue weighted by Gasteiger charge is 2.15. The molecule has 0 amide bonds. The summed E-state index contributed by atoms with van der Waals surface area (Å²) in [5.41, 5.74) is 7.00. The van der Waals surface area contributed by atoms with E-state index in [2.05, 4.69) is 27.6 Å². The van der Waals surface area contributed by atoms with Crippen molar-refractivity contribution in [2.24, 2.45) is 0 Å². The third kappa shape index (κ3) is 1.88. The lowest BCUT2D eigenvalue weighted by Crippen LogP contribution is -2.17. The van der Waals surface area contributed by atoms with Gasteiger partial charge in [-0.3, -0.25) is 9.36 Å². The van der Waals surface area contributed by atoms with Gasteiger partial charge in [0, 0.05) is 4.90 Å². The molecule has 1 aromatic carbocycles. The molecule has 4 rings (SSSR count). The van der Waals surface area contributed by atoms with E-state index in [9.17, 15) is 4.79 Å². The second kappa shape index (κ2) is 4.79. The first-order valence-electron chi connectivity index (χ1n) is 6.35. The Morgan fingerprint density at radius 2 is 1.91 bits per heavy atom. The molecular weight excluding hydrogens is 318 g/mol. The van der Waals surface area contributed by atoms with Crippen molar-refractivity contribution in [2.75, 3.05) is 5.73 Å². The first-order chi connectivity index (χ1) is 10.6. The zero-order chi connectivity index (χ0) is 15.3. The van der Waals surface area contributed by atoms with Gasteiger partial charge < -0.3 is 5.73 Å². The van der Waals surface area contributed by atoms with Gasteiger partial charge in [-0.1, -0.05) is 0 Å². The van der Waals surface area contributed by atoms with Crippen molar-refractivity contribution < 1.29 is 0 Å². The number of hydrogen-bond donors (Lipinski definition) is 2. The van der Waals surface area contributed by atoms with Gasteiger partial charge in [0.1, 0.15) is 33.5 Å². The van der Waals surface area contributed by atoms with E-state index in [0.717, 1.165) is 10.6 Å². The minimum Gasteiger partial charge on any atom is -0.383 e. The van der Waals surface area contributed by atoms with Crippen LogP contribution in [0.15, 0.2) is 46.6 Å². The molecular formula is C14H9N5OS2. The molecule has 0 aliphatic heterocycles. The highest BCUT2D eigenvalue weighted by atomic mass is 32.1. The number of anilines is 1. The summed E-state index contributed by atoms with van der Waals surface area (Å²) in [4.78, 5) is 26.7. The van der Waals surface area contributed by atoms with Crippen LogP contribution in [0.25, 0.3) is 26.1 Å². The van der Waals surface area contributed by atoms with Crippen LogP contribution in [-0.2, 0) is 0 Å². The van der Waals surface area contributed by atoms with Gasteiger partial charge in [-0.05, 0) is 24.3 Å². The molecule has 0 atom stereocenters. The van der Waals surface area contributed by atoms with Crippen LogP contribution in [0.4, 0.5) is 5.82 Å². The van der Waals surface area contributed by atoms with Crippen molar-refractivity contribution in [1.82, 2.24) is 19.5 Å². The molecule has 0 aliphatic carbocycles. The molecule has 3 heterocycles. The molecule has 0 aliphatic rings. The van der Waals surface area contributed by atoms with Crippen molar-refractivity contribution in [3.05, 3.63) is 47.3 Å². The molecule has 22 heavy (non-hydrogen) atoms. The highest BCUT2D eigenvalue weighted by molar-refractivity contribution is 7.80. The maximum atomic E-state index is 12.7. The van der Waals surface area contributed by atoms with Gasteiger partial charge in [-0.2, -0.15) is 0 Å². The van der Waals surface area contributed by atoms with Gasteiger partial charge in [0.25, 0.3) is 5.56 Å². The van der Waals surface area contributed by atoms with Crippen molar-refractivity contribution in [3.8, 4) is 5.69 Å². The minimum absolute atomic E-state index is 0.153. The predicted molar refractivity (Wildman–Crippen MR) is 90.0 cm³/mol. The summed E-state index contributed by atoms with van der Waals surface area (Å²) in [5, 5.41) is 0.637. The van der Waals surface area contributed by atoms with Crippen LogP contribution in [0, 0.1) is 0 Å². The van der Waals surface area contributed by atoms with E-state index in [1.807, 2.05) is 24.3 Å². The number of fused-ring (bicyclic) bond motifs is 3. The molecule has 4 aromatic rings. The van der Waals surface area contributed by atoms with Crippen molar-refractivity contribution in [3.63, 3.8) is 0 Å². The average molecular weight is 327 g/mol. The van der Waals surface area contributed by atoms with Crippen LogP contribution in [-0.4, -0.2) is 19.5 Å². The number of nitrogens with two attached hydrogens (primary N) is 1. The quantitative estimate of drug-likeness (QED) is 0.524. The number of rotatable bonds is 1. The molecule has 2 N–H and O–H groups in total. The second-order valence-electron chi connectivity index (χ2n) is 4.65. The summed E-state index contributed by atoms with van der Waals surface area (Å²) in [5.74, 6) is 0.334. The van der Waals surface area contributed by atoms with Crippen LogP contribution in [0.3, 0.4) is 0 Å². The summed E-state index contributed by atoms with van der Waals surface area (Å²) >= 11 is 5.52. The van der Waals surface area contributed by atoms with Gasteiger partial charge in [0.05, 0.1) is 11.1 Å². The summed E-state index contributed by atoms with van der Waals surface area (Å²) in [6, 6.07) is 7.28. The third-order valence-electron chi connectivity index (χ3n) is 3.34. The molecule has 0 fully saturated rings. The predicted octanol–water partition coefficient (Wildman–Crippen LogP) is 2.26. The summed E-state index contributed by atoms with van der Waals surface area (Å²) in [7, 11) is 0. The van der Waals surface area contributed by atoms with E-state index in [1.165, 1.54) is 28.6 Å². The van der Waals surface area contributed by atoms with E-state index in [1.54, 1.807) is 0 Å².